The molecule has 2 atom stereocenters. The Balaban J connectivity index is 0.00000240. The lowest BCUT2D eigenvalue weighted by Crippen LogP contribution is -2.41. The Hall–Kier alpha value is -2.44. The highest BCUT2D eigenvalue weighted by Gasteiger charge is 2.30. The number of aromatic nitrogens is 2. The first-order valence-electron chi connectivity index (χ1n) is 9.48. The first-order chi connectivity index (χ1) is 13.5. The molecule has 0 aliphatic heterocycles. The highest BCUT2D eigenvalue weighted by molar-refractivity contribution is 9.10. The van der Waals surface area contributed by atoms with Crippen LogP contribution in [0.2, 0.25) is 0 Å². The Labute approximate surface area is 174 Å². The summed E-state index contributed by atoms with van der Waals surface area (Å²) in [5, 5.41) is 2.97. The molecule has 2 aromatic carbocycles. The van der Waals surface area contributed by atoms with E-state index in [0.717, 1.165) is 40.9 Å². The third-order valence-corrected chi connectivity index (χ3v) is 5.94. The first kappa shape index (κ1) is 18.9. The van der Waals surface area contributed by atoms with Gasteiger partial charge in [0.05, 0.1) is 6.04 Å². The van der Waals surface area contributed by atoms with Gasteiger partial charge in [0.2, 0.25) is 5.91 Å². The predicted octanol–water partition coefficient (Wildman–Crippen LogP) is 4.58. The largest absolute Gasteiger partial charge is 0.325 e. The molecule has 4 rings (SSSR count). The average molecular weight is 441 g/mol. The van der Waals surface area contributed by atoms with Gasteiger partial charge in [0, 0.05) is 35.6 Å². The quantitative estimate of drug-likeness (QED) is 0.623. The van der Waals surface area contributed by atoms with Crippen LogP contribution in [0.25, 0.3) is 5.69 Å². The van der Waals surface area contributed by atoms with Crippen LogP contribution in [0.1, 0.15) is 37.1 Å². The summed E-state index contributed by atoms with van der Waals surface area (Å²) in [6.07, 6.45) is 6.71. The van der Waals surface area contributed by atoms with E-state index in [1.165, 1.54) is 11.1 Å². The molecule has 0 spiro atoms. The maximum atomic E-state index is 12.8. The van der Waals surface area contributed by atoms with Gasteiger partial charge >= 0.3 is 0 Å². The number of amides is 1. The zero-order valence-corrected chi connectivity index (χ0v) is 17.3. The van der Waals surface area contributed by atoms with Gasteiger partial charge in [-0.3, -0.25) is 4.79 Å². The summed E-state index contributed by atoms with van der Waals surface area (Å²) >= 11 is 3.54. The molecule has 1 aromatic heterocycles. The van der Waals surface area contributed by atoms with Gasteiger partial charge in [-0.25, -0.2) is 4.98 Å². The monoisotopic (exact) mass is 440 g/mol. The van der Waals surface area contributed by atoms with E-state index in [1.54, 1.807) is 6.20 Å². The number of carbonyl (C=O) groups excluding carboxylic acids is 1. The average Bonchev–Trinajstić information content (AvgIpc) is 3.13. The van der Waals surface area contributed by atoms with E-state index in [2.05, 4.69) is 44.4 Å². The fraction of sp³-hybridized carbons (Fsp3) is 0.273. The van der Waals surface area contributed by atoms with Crippen molar-refractivity contribution >= 4 is 27.5 Å². The van der Waals surface area contributed by atoms with E-state index in [1.807, 2.05) is 42.0 Å². The summed E-state index contributed by atoms with van der Waals surface area (Å²) in [6, 6.07) is 13.4. The van der Waals surface area contributed by atoms with Gasteiger partial charge < -0.3 is 15.6 Å². The Kier molecular flexibility index (Phi) is 5.33. The van der Waals surface area contributed by atoms with Gasteiger partial charge in [-0.1, -0.05) is 22.0 Å². The summed E-state index contributed by atoms with van der Waals surface area (Å²) < 4.78 is 3.02. The lowest BCUT2D eigenvalue weighted by atomic mass is 9.79. The second-order valence-electron chi connectivity index (χ2n) is 7.25. The number of nitrogens with one attached hydrogen (secondary N) is 1. The zero-order valence-electron chi connectivity index (χ0n) is 15.7. The summed E-state index contributed by atoms with van der Waals surface area (Å²) in [7, 11) is 0. The second kappa shape index (κ2) is 7.89. The number of carbonyl (C=O) groups is 1. The van der Waals surface area contributed by atoms with Gasteiger partial charge in [0.15, 0.2) is 0 Å². The minimum atomic E-state index is -0.580. The maximum absolute atomic E-state index is 12.8. The molecule has 28 heavy (non-hydrogen) atoms. The molecule has 0 bridgehead atoms. The summed E-state index contributed by atoms with van der Waals surface area (Å²) in [4.78, 5) is 17.0. The number of rotatable bonds is 4. The van der Waals surface area contributed by atoms with Crippen LogP contribution in [0.5, 0.6) is 0 Å². The van der Waals surface area contributed by atoms with Gasteiger partial charge in [-0.15, -0.1) is 0 Å². The number of hydrogen-bond acceptors (Lipinski definition) is 3. The number of nitrogens with zero attached hydrogens (tertiary/aromatic N) is 2. The fourth-order valence-corrected chi connectivity index (χ4v) is 4.32. The molecule has 0 radical (unpaired) electrons. The lowest BCUT2D eigenvalue weighted by molar-refractivity contribution is -0.117. The van der Waals surface area contributed by atoms with Crippen molar-refractivity contribution in [2.24, 2.45) is 5.73 Å². The van der Waals surface area contributed by atoms with Crippen molar-refractivity contribution in [3.8, 4) is 5.69 Å². The highest BCUT2D eigenvalue weighted by Crippen LogP contribution is 2.35. The summed E-state index contributed by atoms with van der Waals surface area (Å²) in [5.74, 6) is 0.805. The van der Waals surface area contributed by atoms with E-state index in [-0.39, 0.29) is 13.3 Å². The normalized spacial score (nSPS) is 17.0. The number of imidazole rings is 1. The van der Waals surface area contributed by atoms with Crippen molar-refractivity contribution in [1.82, 2.24) is 9.55 Å². The van der Waals surface area contributed by atoms with Gasteiger partial charge in [-0.2, -0.15) is 0 Å². The number of aryl methyl sites for hydroxylation is 2. The number of benzene rings is 2. The Morgan fingerprint density at radius 2 is 2.11 bits per heavy atom. The van der Waals surface area contributed by atoms with Gasteiger partial charge in [0.1, 0.15) is 5.82 Å². The van der Waals surface area contributed by atoms with Crippen molar-refractivity contribution < 1.29 is 6.22 Å². The number of halogens is 1. The molecular weight excluding hydrogens is 416 g/mol. The predicted molar refractivity (Wildman–Crippen MR) is 117 cm³/mol. The Bertz CT molecular complexity index is 1000. The molecule has 3 N–H and O–H groups in total. The van der Waals surface area contributed by atoms with E-state index in [0.29, 0.717) is 0 Å². The summed E-state index contributed by atoms with van der Waals surface area (Å²) in [5.41, 5.74) is 10.6. The third kappa shape index (κ3) is 3.75. The molecule has 3 aromatic rings. The van der Waals surface area contributed by atoms with E-state index in [9.17, 15) is 4.79 Å². The van der Waals surface area contributed by atoms with Crippen molar-refractivity contribution in [2.75, 3.05) is 5.32 Å². The van der Waals surface area contributed by atoms with Crippen LogP contribution in [-0.4, -0.2) is 21.5 Å². The summed E-state index contributed by atoms with van der Waals surface area (Å²) in [6.45, 7) is 1.95. The smallest absolute Gasteiger partial charge is 0.241 e. The van der Waals surface area contributed by atoms with Crippen LogP contribution >= 0.6 is 15.9 Å². The topological polar surface area (TPSA) is 72.9 Å². The lowest BCUT2D eigenvalue weighted by Gasteiger charge is -2.29. The van der Waals surface area contributed by atoms with E-state index in [4.69, 9.17) is 5.73 Å². The Morgan fingerprint density at radius 3 is 2.82 bits per heavy atom. The van der Waals surface area contributed by atoms with Crippen LogP contribution in [0.15, 0.2) is 59.3 Å². The van der Waals surface area contributed by atoms with Crippen LogP contribution in [0.3, 0.4) is 0 Å². The maximum Gasteiger partial charge on any atom is 0.241 e. The minimum absolute atomic E-state index is 0. The van der Waals surface area contributed by atoms with Crippen molar-refractivity contribution in [3.05, 3.63) is 76.3 Å². The molecule has 0 fully saturated rings. The number of fused-ring (bicyclic) bond motifs is 1. The molecule has 146 valence electrons. The van der Waals surface area contributed by atoms with Crippen molar-refractivity contribution in [2.45, 2.75) is 38.1 Å². The van der Waals surface area contributed by atoms with Crippen LogP contribution in [0.4, 0.5) is 5.69 Å². The molecule has 1 heterocycles. The molecule has 0 saturated heterocycles. The fourth-order valence-electron chi connectivity index (χ4n) is 3.94. The molecular formula is C22H25BrN4O. The minimum Gasteiger partial charge on any atom is -0.325 e. The molecule has 1 amide bonds. The molecule has 1 unspecified atom stereocenters. The highest BCUT2D eigenvalue weighted by atomic mass is 79.9. The SMILES string of the molecule is Cc1nccn1-c1ccc(NC(=O)[C@@H](N)C2CCCc3ccc(Br)cc32)cc1.[HH]. The van der Waals surface area contributed by atoms with Gasteiger partial charge in [0.25, 0.3) is 0 Å². The first-order valence-corrected chi connectivity index (χ1v) is 10.3. The second-order valence-corrected chi connectivity index (χ2v) is 8.16. The molecule has 0 saturated carbocycles. The number of nitrogens with two attached hydrogens (primary N) is 1. The van der Waals surface area contributed by atoms with Gasteiger partial charge in [-0.05, 0) is 73.7 Å². The van der Waals surface area contributed by atoms with Crippen LogP contribution in [-0.2, 0) is 11.2 Å². The zero-order chi connectivity index (χ0) is 19.7. The van der Waals surface area contributed by atoms with E-state index < -0.39 is 6.04 Å². The van der Waals surface area contributed by atoms with Crippen LogP contribution in [0, 0.1) is 6.92 Å². The molecule has 1 aliphatic carbocycles. The number of hydrogen-bond donors (Lipinski definition) is 2. The Morgan fingerprint density at radius 1 is 1.32 bits per heavy atom. The standard InChI is InChI=1S/C22H23BrN4O.H2/c1-14-25-11-12-27(14)18-9-7-17(8-10-18)26-22(28)21(24)19-4-2-3-15-5-6-16(23)13-20(15)19;/h5-13,19,21H,2-4,24H2,1H3,(H,26,28);1H/t19?,21-;/m0./s1. The molecule has 5 nitrogen and oxygen atoms in total. The third-order valence-electron chi connectivity index (χ3n) is 5.44. The molecule has 6 heteroatoms. The van der Waals surface area contributed by atoms with Crippen molar-refractivity contribution in [3.63, 3.8) is 0 Å². The van der Waals surface area contributed by atoms with Crippen LogP contribution < -0.4 is 11.1 Å². The van der Waals surface area contributed by atoms with E-state index >= 15 is 0 Å². The molecule has 1 aliphatic rings. The van der Waals surface area contributed by atoms with Crippen molar-refractivity contribution in [1.29, 1.82) is 0 Å². The number of anilines is 1.